The molecule has 0 saturated carbocycles. The molecule has 1 rings (SSSR count). The van der Waals surface area contributed by atoms with E-state index in [0.717, 1.165) is 5.56 Å². The van der Waals surface area contributed by atoms with Gasteiger partial charge < -0.3 is 15.8 Å². The molecule has 0 aliphatic rings. The lowest BCUT2D eigenvalue weighted by Gasteiger charge is -2.14. The molecule has 7 heteroatoms. The first-order chi connectivity index (χ1) is 8.84. The molecule has 0 fully saturated rings. The molecule has 1 aromatic rings. The van der Waals surface area contributed by atoms with Gasteiger partial charge in [0.15, 0.2) is 6.61 Å². The van der Waals surface area contributed by atoms with Gasteiger partial charge in [0.25, 0.3) is 11.8 Å². The Morgan fingerprint density at radius 3 is 2.79 bits per heavy atom. The van der Waals surface area contributed by atoms with Gasteiger partial charge in [0, 0.05) is 5.02 Å². The van der Waals surface area contributed by atoms with E-state index < -0.39 is 24.9 Å². The van der Waals surface area contributed by atoms with Crippen LogP contribution < -0.4 is 15.8 Å². The number of carbonyl (C=O) groups is 1. The third-order valence-corrected chi connectivity index (χ3v) is 2.77. The van der Waals surface area contributed by atoms with Gasteiger partial charge in [0.2, 0.25) is 0 Å². The van der Waals surface area contributed by atoms with Crippen molar-refractivity contribution in [2.45, 2.75) is 12.8 Å². The normalized spacial score (nSPS) is 11.2. The van der Waals surface area contributed by atoms with E-state index in [-0.39, 0.29) is 6.61 Å². The number of aryl methyl sites for hydroxylation is 1. The first kappa shape index (κ1) is 15.7. The van der Waals surface area contributed by atoms with Crippen molar-refractivity contribution in [1.29, 1.82) is 0 Å². The number of halogens is 3. The molecule has 0 spiro atoms. The quantitative estimate of drug-likeness (QED) is 0.839. The standard InChI is InChI=1S/C12H15ClF2N2O2/c1-8-4-9(2-3-10(8)13)19-5-11(18)17-7-12(14,15)6-16/h2-4H,5-7,16H2,1H3,(H,17,18). The first-order valence-corrected chi connectivity index (χ1v) is 5.95. The topological polar surface area (TPSA) is 64.3 Å². The van der Waals surface area contributed by atoms with Crippen molar-refractivity contribution in [3.8, 4) is 5.75 Å². The van der Waals surface area contributed by atoms with Crippen LogP contribution in [0.5, 0.6) is 5.75 Å². The average molecular weight is 293 g/mol. The summed E-state index contributed by atoms with van der Waals surface area (Å²) in [6, 6.07) is 4.88. The third-order valence-electron chi connectivity index (χ3n) is 2.34. The van der Waals surface area contributed by atoms with Crippen molar-refractivity contribution in [3.63, 3.8) is 0 Å². The molecule has 0 aliphatic heterocycles. The van der Waals surface area contributed by atoms with Crippen molar-refractivity contribution < 1.29 is 18.3 Å². The summed E-state index contributed by atoms with van der Waals surface area (Å²) >= 11 is 5.83. The van der Waals surface area contributed by atoms with E-state index in [2.05, 4.69) is 5.32 Å². The van der Waals surface area contributed by atoms with Crippen LogP contribution in [0, 0.1) is 6.92 Å². The number of benzene rings is 1. The predicted octanol–water partition coefficient (Wildman–Crippen LogP) is 1.74. The van der Waals surface area contributed by atoms with Gasteiger partial charge >= 0.3 is 0 Å². The van der Waals surface area contributed by atoms with Gasteiger partial charge in [-0.25, -0.2) is 8.78 Å². The molecule has 0 aromatic heterocycles. The zero-order valence-corrected chi connectivity index (χ0v) is 11.1. The maximum Gasteiger partial charge on any atom is 0.277 e. The zero-order chi connectivity index (χ0) is 14.5. The average Bonchev–Trinajstić information content (AvgIpc) is 2.38. The van der Waals surface area contributed by atoms with Crippen molar-refractivity contribution in [3.05, 3.63) is 28.8 Å². The smallest absolute Gasteiger partial charge is 0.277 e. The molecule has 0 saturated heterocycles. The highest BCUT2D eigenvalue weighted by atomic mass is 35.5. The van der Waals surface area contributed by atoms with Crippen LogP contribution in [0.1, 0.15) is 5.56 Å². The molecule has 1 aromatic carbocycles. The summed E-state index contributed by atoms with van der Waals surface area (Å²) in [5.74, 6) is -3.30. The Kier molecular flexibility index (Phi) is 5.50. The number of carbonyl (C=O) groups excluding carboxylic acids is 1. The molecule has 1 amide bonds. The summed E-state index contributed by atoms with van der Waals surface area (Å²) in [7, 11) is 0. The summed E-state index contributed by atoms with van der Waals surface area (Å²) in [5.41, 5.74) is 5.64. The summed E-state index contributed by atoms with van der Waals surface area (Å²) < 4.78 is 30.7. The highest BCUT2D eigenvalue weighted by molar-refractivity contribution is 6.31. The van der Waals surface area contributed by atoms with Gasteiger partial charge in [-0.1, -0.05) is 11.6 Å². The third kappa shape index (κ3) is 5.40. The fourth-order valence-electron chi connectivity index (χ4n) is 1.21. The molecule has 0 atom stereocenters. The SMILES string of the molecule is Cc1cc(OCC(=O)NCC(F)(F)CN)ccc1Cl. The molecular formula is C12H15ClF2N2O2. The van der Waals surface area contributed by atoms with Gasteiger partial charge in [-0.15, -0.1) is 0 Å². The van der Waals surface area contributed by atoms with Crippen molar-refractivity contribution in [2.24, 2.45) is 5.73 Å². The number of amides is 1. The van der Waals surface area contributed by atoms with E-state index in [1.165, 1.54) is 0 Å². The van der Waals surface area contributed by atoms with Crippen LogP contribution >= 0.6 is 11.6 Å². The highest BCUT2D eigenvalue weighted by Crippen LogP contribution is 2.20. The van der Waals surface area contributed by atoms with Gasteiger partial charge in [0.1, 0.15) is 5.75 Å². The fourth-order valence-corrected chi connectivity index (χ4v) is 1.32. The van der Waals surface area contributed by atoms with Crippen molar-refractivity contribution >= 4 is 17.5 Å². The second-order valence-electron chi connectivity index (χ2n) is 4.04. The Labute approximate surface area is 114 Å². The lowest BCUT2D eigenvalue weighted by Crippen LogP contribution is -2.43. The van der Waals surface area contributed by atoms with Crippen LogP contribution in [0.2, 0.25) is 5.02 Å². The van der Waals surface area contributed by atoms with E-state index in [0.29, 0.717) is 10.8 Å². The van der Waals surface area contributed by atoms with E-state index in [1.54, 1.807) is 25.1 Å². The number of alkyl halides is 2. The van der Waals surface area contributed by atoms with Crippen LogP contribution in [0.4, 0.5) is 8.78 Å². The largest absolute Gasteiger partial charge is 0.484 e. The second-order valence-corrected chi connectivity index (χ2v) is 4.44. The lowest BCUT2D eigenvalue weighted by molar-refractivity contribution is -0.124. The van der Waals surface area contributed by atoms with Crippen LogP contribution in [-0.4, -0.2) is 31.5 Å². The lowest BCUT2D eigenvalue weighted by atomic mass is 10.2. The van der Waals surface area contributed by atoms with Gasteiger partial charge in [0.05, 0.1) is 13.1 Å². The molecule has 0 aliphatic carbocycles. The molecule has 106 valence electrons. The zero-order valence-electron chi connectivity index (χ0n) is 10.4. The monoisotopic (exact) mass is 292 g/mol. The number of nitrogens with two attached hydrogens (primary N) is 1. The Balaban J connectivity index is 2.40. The molecule has 0 unspecified atom stereocenters. The molecular weight excluding hydrogens is 278 g/mol. The molecule has 4 nitrogen and oxygen atoms in total. The van der Waals surface area contributed by atoms with Crippen molar-refractivity contribution in [1.82, 2.24) is 5.32 Å². The van der Waals surface area contributed by atoms with E-state index in [9.17, 15) is 13.6 Å². The molecule has 19 heavy (non-hydrogen) atoms. The van der Waals surface area contributed by atoms with E-state index in [1.807, 2.05) is 0 Å². The number of hydrogen-bond acceptors (Lipinski definition) is 3. The molecule has 3 N–H and O–H groups in total. The Morgan fingerprint density at radius 1 is 1.53 bits per heavy atom. The predicted molar refractivity (Wildman–Crippen MR) is 68.7 cm³/mol. The molecule has 0 heterocycles. The Morgan fingerprint density at radius 2 is 2.21 bits per heavy atom. The van der Waals surface area contributed by atoms with Gasteiger partial charge in [-0.2, -0.15) is 0 Å². The molecule has 0 bridgehead atoms. The number of ether oxygens (including phenoxy) is 1. The minimum atomic E-state index is -3.10. The summed E-state index contributed by atoms with van der Waals surface area (Å²) in [6.45, 7) is -0.172. The summed E-state index contributed by atoms with van der Waals surface area (Å²) in [4.78, 5) is 11.3. The number of rotatable bonds is 6. The maximum absolute atomic E-state index is 12.8. The van der Waals surface area contributed by atoms with Gasteiger partial charge in [-0.3, -0.25) is 4.79 Å². The fraction of sp³-hybridized carbons (Fsp3) is 0.417. The Hall–Kier alpha value is -1.40. The minimum absolute atomic E-state index is 0.346. The van der Waals surface area contributed by atoms with Crippen molar-refractivity contribution in [2.75, 3.05) is 19.7 Å². The van der Waals surface area contributed by atoms with Crippen LogP contribution in [-0.2, 0) is 4.79 Å². The van der Waals surface area contributed by atoms with Crippen LogP contribution in [0.15, 0.2) is 18.2 Å². The minimum Gasteiger partial charge on any atom is -0.484 e. The van der Waals surface area contributed by atoms with E-state index in [4.69, 9.17) is 22.1 Å². The van der Waals surface area contributed by atoms with E-state index >= 15 is 0 Å². The summed E-state index contributed by atoms with van der Waals surface area (Å²) in [5, 5.41) is 2.63. The number of nitrogens with one attached hydrogen (secondary N) is 1. The van der Waals surface area contributed by atoms with Gasteiger partial charge in [-0.05, 0) is 30.7 Å². The maximum atomic E-state index is 12.8. The second kappa shape index (κ2) is 6.68. The first-order valence-electron chi connectivity index (χ1n) is 5.57. The Bertz CT molecular complexity index is 455. The highest BCUT2D eigenvalue weighted by Gasteiger charge is 2.27. The van der Waals surface area contributed by atoms with Crippen LogP contribution in [0.25, 0.3) is 0 Å². The van der Waals surface area contributed by atoms with Crippen LogP contribution in [0.3, 0.4) is 0 Å². The summed E-state index contributed by atoms with van der Waals surface area (Å²) in [6.07, 6.45) is 0. The number of hydrogen-bond donors (Lipinski definition) is 2. The molecule has 0 radical (unpaired) electrons.